The van der Waals surface area contributed by atoms with E-state index in [9.17, 15) is 9.90 Å². The Morgan fingerprint density at radius 3 is 2.76 bits per heavy atom. The highest BCUT2D eigenvalue weighted by atomic mass is 16.4. The zero-order valence-corrected chi connectivity index (χ0v) is 10.2. The second-order valence-electron chi connectivity index (χ2n) is 4.46. The van der Waals surface area contributed by atoms with Crippen LogP contribution in [0.2, 0.25) is 0 Å². The number of rotatable bonds is 2. The van der Waals surface area contributed by atoms with E-state index in [1.54, 1.807) is 0 Å². The third-order valence-corrected chi connectivity index (χ3v) is 3.52. The van der Waals surface area contributed by atoms with E-state index in [1.807, 2.05) is 38.2 Å². The predicted molar refractivity (Wildman–Crippen MR) is 66.1 cm³/mol. The number of aryl methyl sites for hydroxylation is 1. The minimum Gasteiger partial charge on any atom is -0.465 e. The maximum Gasteiger partial charge on any atom is 0.407 e. The summed E-state index contributed by atoms with van der Waals surface area (Å²) in [6.07, 6.45) is 0.0259. The van der Waals surface area contributed by atoms with Gasteiger partial charge in [-0.05, 0) is 31.5 Å². The van der Waals surface area contributed by atoms with Crippen LogP contribution in [0.25, 0.3) is 0 Å². The molecule has 0 bridgehead atoms. The Kier molecular flexibility index (Phi) is 3.33. The zero-order valence-electron chi connectivity index (χ0n) is 10.2. The van der Waals surface area contributed by atoms with Gasteiger partial charge in [0.1, 0.15) is 0 Å². The zero-order chi connectivity index (χ0) is 12.4. The highest BCUT2D eigenvalue weighted by molar-refractivity contribution is 5.66. The minimum absolute atomic E-state index is 0.0706. The first-order valence-electron chi connectivity index (χ1n) is 5.87. The van der Waals surface area contributed by atoms with Crippen molar-refractivity contribution in [3.63, 3.8) is 0 Å². The number of carbonyl (C=O) groups is 1. The van der Waals surface area contributed by atoms with E-state index in [0.717, 1.165) is 17.5 Å². The van der Waals surface area contributed by atoms with Crippen molar-refractivity contribution in [1.29, 1.82) is 0 Å². The van der Waals surface area contributed by atoms with E-state index >= 15 is 0 Å². The van der Waals surface area contributed by atoms with Gasteiger partial charge in [-0.25, -0.2) is 4.79 Å². The predicted octanol–water partition coefficient (Wildman–Crippen LogP) is 2.01. The van der Waals surface area contributed by atoms with Crippen molar-refractivity contribution in [2.24, 2.45) is 0 Å². The molecule has 1 amide bonds. The Bertz CT molecular complexity index is 420. The van der Waals surface area contributed by atoms with Crippen molar-refractivity contribution in [3.8, 4) is 0 Å². The molecule has 2 atom stereocenters. The molecular formula is C13H18N2O2. The van der Waals surface area contributed by atoms with Crippen molar-refractivity contribution in [3.05, 3.63) is 35.4 Å². The lowest BCUT2D eigenvalue weighted by Crippen LogP contribution is -2.36. The topological polar surface area (TPSA) is 52.6 Å². The molecule has 1 aliphatic rings. The van der Waals surface area contributed by atoms with Gasteiger partial charge in [-0.1, -0.05) is 24.3 Å². The number of likely N-dealkylation sites (tertiary alicyclic amines) is 1. The standard InChI is InChI=1S/C13H18N2O2/c1-9-5-3-4-6-10(9)12-11(14-2)7-8-15(12)13(16)17/h3-6,11-12,14H,7-8H2,1-2H3,(H,16,17). The molecule has 4 heteroatoms. The van der Waals surface area contributed by atoms with Gasteiger partial charge < -0.3 is 10.4 Å². The second-order valence-corrected chi connectivity index (χ2v) is 4.46. The minimum atomic E-state index is -0.837. The third kappa shape index (κ3) is 2.13. The molecule has 0 radical (unpaired) electrons. The van der Waals surface area contributed by atoms with Gasteiger partial charge >= 0.3 is 6.09 Å². The van der Waals surface area contributed by atoms with E-state index in [2.05, 4.69) is 5.32 Å². The fraction of sp³-hybridized carbons (Fsp3) is 0.462. The molecule has 1 heterocycles. The van der Waals surface area contributed by atoms with Crippen LogP contribution in [0.1, 0.15) is 23.6 Å². The van der Waals surface area contributed by atoms with Gasteiger partial charge in [0, 0.05) is 12.6 Å². The molecule has 17 heavy (non-hydrogen) atoms. The molecule has 2 N–H and O–H groups in total. The van der Waals surface area contributed by atoms with Crippen molar-refractivity contribution >= 4 is 6.09 Å². The highest BCUT2D eigenvalue weighted by Crippen LogP contribution is 2.33. The Hall–Kier alpha value is -1.55. The van der Waals surface area contributed by atoms with Gasteiger partial charge in [0.25, 0.3) is 0 Å². The van der Waals surface area contributed by atoms with Crippen molar-refractivity contribution in [2.45, 2.75) is 25.4 Å². The molecule has 1 aromatic rings. The van der Waals surface area contributed by atoms with Crippen molar-refractivity contribution in [2.75, 3.05) is 13.6 Å². The lowest BCUT2D eigenvalue weighted by Gasteiger charge is -2.27. The number of likely N-dealkylation sites (N-methyl/N-ethyl adjacent to an activating group) is 1. The number of hydrogen-bond donors (Lipinski definition) is 2. The lowest BCUT2D eigenvalue weighted by molar-refractivity contribution is 0.137. The van der Waals surface area contributed by atoms with Gasteiger partial charge in [-0.3, -0.25) is 4.90 Å². The monoisotopic (exact) mass is 234 g/mol. The summed E-state index contributed by atoms with van der Waals surface area (Å²) < 4.78 is 0. The summed E-state index contributed by atoms with van der Waals surface area (Å²) in [6.45, 7) is 2.63. The fourth-order valence-corrected chi connectivity index (χ4v) is 2.61. The maximum atomic E-state index is 11.3. The van der Waals surface area contributed by atoms with Crippen LogP contribution in [-0.4, -0.2) is 35.7 Å². The Morgan fingerprint density at radius 2 is 2.18 bits per heavy atom. The normalized spacial score (nSPS) is 24.0. The Labute approximate surface area is 101 Å². The summed E-state index contributed by atoms with van der Waals surface area (Å²) in [6, 6.07) is 8.12. The summed E-state index contributed by atoms with van der Waals surface area (Å²) in [5.74, 6) is 0. The smallest absolute Gasteiger partial charge is 0.407 e. The largest absolute Gasteiger partial charge is 0.465 e. The molecule has 1 aliphatic heterocycles. The second kappa shape index (κ2) is 4.75. The summed E-state index contributed by atoms with van der Waals surface area (Å²) in [5.41, 5.74) is 2.25. The first kappa shape index (κ1) is 11.9. The molecule has 1 saturated heterocycles. The van der Waals surface area contributed by atoms with Crippen molar-refractivity contribution < 1.29 is 9.90 Å². The van der Waals surface area contributed by atoms with Crippen LogP contribution in [0.3, 0.4) is 0 Å². The molecule has 1 fully saturated rings. The number of nitrogens with one attached hydrogen (secondary N) is 1. The maximum absolute atomic E-state index is 11.3. The van der Waals surface area contributed by atoms with E-state index in [0.29, 0.717) is 6.54 Å². The number of carboxylic acid groups (broad SMARTS) is 1. The third-order valence-electron chi connectivity index (χ3n) is 3.52. The van der Waals surface area contributed by atoms with Gasteiger partial charge in [0.15, 0.2) is 0 Å². The molecule has 0 aromatic heterocycles. The average molecular weight is 234 g/mol. The van der Waals surface area contributed by atoms with Crippen LogP contribution in [-0.2, 0) is 0 Å². The van der Waals surface area contributed by atoms with Gasteiger partial charge in [0.05, 0.1) is 6.04 Å². The molecule has 0 spiro atoms. The van der Waals surface area contributed by atoms with E-state index in [1.165, 1.54) is 4.90 Å². The van der Waals surface area contributed by atoms with Crippen LogP contribution in [0.5, 0.6) is 0 Å². The molecule has 2 rings (SSSR count). The average Bonchev–Trinajstić information content (AvgIpc) is 2.73. The summed E-state index contributed by atoms with van der Waals surface area (Å²) in [7, 11) is 1.89. The highest BCUT2D eigenvalue weighted by Gasteiger charge is 2.37. The summed E-state index contributed by atoms with van der Waals surface area (Å²) in [4.78, 5) is 12.8. The van der Waals surface area contributed by atoms with Gasteiger partial charge in [0.2, 0.25) is 0 Å². The molecule has 92 valence electrons. The van der Waals surface area contributed by atoms with Gasteiger partial charge in [-0.2, -0.15) is 0 Å². The van der Waals surface area contributed by atoms with Crippen molar-refractivity contribution in [1.82, 2.24) is 10.2 Å². The van der Waals surface area contributed by atoms with E-state index < -0.39 is 6.09 Å². The van der Waals surface area contributed by atoms with Crippen LogP contribution in [0.15, 0.2) is 24.3 Å². The Balaban J connectivity index is 2.38. The SMILES string of the molecule is CNC1CCN(C(=O)O)C1c1ccccc1C. The molecule has 0 saturated carbocycles. The van der Waals surface area contributed by atoms with Crippen LogP contribution in [0, 0.1) is 6.92 Å². The van der Waals surface area contributed by atoms with Gasteiger partial charge in [-0.15, -0.1) is 0 Å². The summed E-state index contributed by atoms with van der Waals surface area (Å²) in [5, 5.41) is 12.5. The molecule has 1 aromatic carbocycles. The quantitative estimate of drug-likeness (QED) is 0.823. The molecular weight excluding hydrogens is 216 g/mol. The van der Waals surface area contributed by atoms with Crippen LogP contribution in [0.4, 0.5) is 4.79 Å². The molecule has 2 unspecified atom stereocenters. The van der Waals surface area contributed by atoms with Crippen LogP contribution >= 0.6 is 0 Å². The number of amides is 1. The Morgan fingerprint density at radius 1 is 1.47 bits per heavy atom. The number of benzene rings is 1. The lowest BCUT2D eigenvalue weighted by atomic mass is 9.96. The number of hydrogen-bond acceptors (Lipinski definition) is 2. The molecule has 0 aliphatic carbocycles. The van der Waals surface area contributed by atoms with Crippen LogP contribution < -0.4 is 5.32 Å². The fourth-order valence-electron chi connectivity index (χ4n) is 2.61. The first-order valence-corrected chi connectivity index (χ1v) is 5.87. The number of nitrogens with zero attached hydrogens (tertiary/aromatic N) is 1. The van der Waals surface area contributed by atoms with E-state index in [4.69, 9.17) is 0 Å². The molecule has 4 nitrogen and oxygen atoms in total. The first-order chi connectivity index (χ1) is 8.15. The summed E-state index contributed by atoms with van der Waals surface area (Å²) >= 11 is 0. The van der Waals surface area contributed by atoms with E-state index in [-0.39, 0.29) is 12.1 Å².